The van der Waals surface area contributed by atoms with E-state index in [1.54, 1.807) is 0 Å². The van der Waals surface area contributed by atoms with Crippen LogP contribution in [0.25, 0.3) is 0 Å². The normalized spacial score (nSPS) is 29.5. The van der Waals surface area contributed by atoms with Crippen molar-refractivity contribution in [2.24, 2.45) is 0 Å². The van der Waals surface area contributed by atoms with Crippen molar-refractivity contribution in [2.45, 2.75) is 18.9 Å². The molecule has 0 radical (unpaired) electrons. The number of hydrogen-bond acceptors (Lipinski definition) is 2. The number of rotatable bonds is 2. The maximum Gasteiger partial charge on any atom is 0.222 e. The number of nitrogens with zero attached hydrogens (tertiary/aromatic N) is 2. The fraction of sp³-hybridized carbons (Fsp3) is 0.889. The fourth-order valence-corrected chi connectivity index (χ4v) is 2.75. The van der Waals surface area contributed by atoms with Crippen molar-refractivity contribution in [3.8, 4) is 0 Å². The summed E-state index contributed by atoms with van der Waals surface area (Å²) in [6, 6.07) is 0.514. The number of piperazine rings is 1. The minimum absolute atomic E-state index is 0.364. The first-order chi connectivity index (χ1) is 6.31. The van der Waals surface area contributed by atoms with Gasteiger partial charge in [-0.25, -0.2) is 0 Å². The van der Waals surface area contributed by atoms with Crippen LogP contribution in [0.3, 0.4) is 0 Å². The molecule has 2 fully saturated rings. The molecule has 0 N–H and O–H groups in total. The predicted molar refractivity (Wildman–Crippen MR) is 55.0 cm³/mol. The van der Waals surface area contributed by atoms with Crippen molar-refractivity contribution in [2.75, 3.05) is 31.5 Å². The molecule has 2 heterocycles. The van der Waals surface area contributed by atoms with E-state index in [1.807, 2.05) is 0 Å². The number of hydrogen-bond donors (Lipinski definition) is 0. The van der Waals surface area contributed by atoms with E-state index in [-0.39, 0.29) is 0 Å². The zero-order chi connectivity index (χ0) is 9.26. The fourth-order valence-electron chi connectivity index (χ4n) is 2.25. The van der Waals surface area contributed by atoms with Gasteiger partial charge in [-0.2, -0.15) is 0 Å². The Balaban J connectivity index is 1.91. The molecule has 4 heteroatoms. The summed E-state index contributed by atoms with van der Waals surface area (Å²) in [7, 11) is 0. The topological polar surface area (TPSA) is 23.6 Å². The Hall–Kier alpha value is -0.0900. The second kappa shape index (κ2) is 3.96. The van der Waals surface area contributed by atoms with Crippen LogP contribution in [-0.4, -0.2) is 53.3 Å². The minimum Gasteiger partial charge on any atom is -0.337 e. The Bertz CT molecular complexity index is 210. The van der Waals surface area contributed by atoms with Gasteiger partial charge in [0.05, 0.1) is 0 Å². The lowest BCUT2D eigenvalue weighted by Crippen LogP contribution is -2.51. The van der Waals surface area contributed by atoms with E-state index in [1.165, 1.54) is 0 Å². The Kier molecular flexibility index (Phi) is 2.89. The molecule has 3 nitrogen and oxygen atoms in total. The monoisotopic (exact) mass is 246 g/mol. The number of halogens is 1. The average molecular weight is 247 g/mol. The third kappa shape index (κ3) is 1.89. The molecule has 0 spiro atoms. The maximum atomic E-state index is 11.4. The van der Waals surface area contributed by atoms with Crippen molar-refractivity contribution in [3.63, 3.8) is 0 Å². The molecule has 74 valence electrons. The SMILES string of the molecule is O=C1CCC2CN(CCBr)CCN12. The highest BCUT2D eigenvalue weighted by molar-refractivity contribution is 9.09. The Labute approximate surface area is 87.2 Å². The lowest BCUT2D eigenvalue weighted by molar-refractivity contribution is -0.130. The van der Waals surface area contributed by atoms with E-state index in [4.69, 9.17) is 0 Å². The maximum absolute atomic E-state index is 11.4. The first kappa shape index (κ1) is 9.46. The molecule has 13 heavy (non-hydrogen) atoms. The second-order valence-electron chi connectivity index (χ2n) is 3.77. The summed E-state index contributed by atoms with van der Waals surface area (Å²) in [5.41, 5.74) is 0. The number of carbonyl (C=O) groups is 1. The number of alkyl halides is 1. The zero-order valence-corrected chi connectivity index (χ0v) is 9.29. The molecule has 1 atom stereocenters. The molecule has 1 amide bonds. The molecule has 0 aromatic carbocycles. The second-order valence-corrected chi connectivity index (χ2v) is 4.56. The lowest BCUT2D eigenvalue weighted by Gasteiger charge is -2.37. The molecule has 2 aliphatic heterocycles. The lowest BCUT2D eigenvalue weighted by atomic mass is 10.1. The quantitative estimate of drug-likeness (QED) is 0.670. The van der Waals surface area contributed by atoms with Crippen LogP contribution in [0.1, 0.15) is 12.8 Å². The van der Waals surface area contributed by atoms with Gasteiger partial charge in [-0.05, 0) is 6.42 Å². The molecule has 0 aliphatic carbocycles. The van der Waals surface area contributed by atoms with Crippen LogP contribution in [0.5, 0.6) is 0 Å². The summed E-state index contributed by atoms with van der Waals surface area (Å²) in [6.45, 7) is 4.18. The number of amides is 1. The van der Waals surface area contributed by atoms with Crippen LogP contribution < -0.4 is 0 Å². The summed E-state index contributed by atoms with van der Waals surface area (Å²) >= 11 is 3.45. The van der Waals surface area contributed by atoms with E-state index in [0.29, 0.717) is 11.9 Å². The summed E-state index contributed by atoms with van der Waals surface area (Å²) in [5.74, 6) is 0.364. The molecule has 0 bridgehead atoms. The van der Waals surface area contributed by atoms with E-state index >= 15 is 0 Å². The van der Waals surface area contributed by atoms with Crippen LogP contribution in [0.4, 0.5) is 0 Å². The van der Waals surface area contributed by atoms with Gasteiger partial charge in [0.25, 0.3) is 0 Å². The van der Waals surface area contributed by atoms with Gasteiger partial charge in [0, 0.05) is 44.0 Å². The van der Waals surface area contributed by atoms with Crippen LogP contribution in [0.15, 0.2) is 0 Å². The standard InChI is InChI=1S/C9H15BrN2O/c10-3-4-11-5-6-12-8(7-11)1-2-9(12)13/h8H,1-7H2. The minimum atomic E-state index is 0.364. The van der Waals surface area contributed by atoms with Crippen molar-refractivity contribution in [1.29, 1.82) is 0 Å². The molecule has 2 rings (SSSR count). The smallest absolute Gasteiger partial charge is 0.222 e. The highest BCUT2D eigenvalue weighted by Gasteiger charge is 2.34. The zero-order valence-electron chi connectivity index (χ0n) is 7.71. The number of fused-ring (bicyclic) bond motifs is 1. The van der Waals surface area contributed by atoms with Gasteiger partial charge >= 0.3 is 0 Å². The van der Waals surface area contributed by atoms with Gasteiger partial charge in [-0.1, -0.05) is 15.9 Å². The van der Waals surface area contributed by atoms with E-state index in [9.17, 15) is 4.79 Å². The average Bonchev–Trinajstić information content (AvgIpc) is 2.48. The van der Waals surface area contributed by atoms with Crippen LogP contribution >= 0.6 is 15.9 Å². The van der Waals surface area contributed by atoms with Gasteiger partial charge in [0.1, 0.15) is 0 Å². The van der Waals surface area contributed by atoms with Crippen molar-refractivity contribution in [3.05, 3.63) is 0 Å². The van der Waals surface area contributed by atoms with Crippen LogP contribution in [0, 0.1) is 0 Å². The Morgan fingerprint density at radius 1 is 1.46 bits per heavy atom. The van der Waals surface area contributed by atoms with Crippen molar-refractivity contribution in [1.82, 2.24) is 9.80 Å². The first-order valence-corrected chi connectivity index (χ1v) is 6.01. The molecule has 0 saturated carbocycles. The summed E-state index contributed by atoms with van der Waals surface area (Å²) in [6.07, 6.45) is 1.84. The van der Waals surface area contributed by atoms with Crippen molar-refractivity contribution >= 4 is 21.8 Å². The third-order valence-electron chi connectivity index (χ3n) is 2.98. The predicted octanol–water partition coefficient (Wildman–Crippen LogP) is 0.688. The van der Waals surface area contributed by atoms with Crippen LogP contribution in [-0.2, 0) is 4.79 Å². The van der Waals surface area contributed by atoms with Crippen LogP contribution in [0.2, 0.25) is 0 Å². The van der Waals surface area contributed by atoms with E-state index in [0.717, 1.165) is 44.4 Å². The van der Waals surface area contributed by atoms with Crippen molar-refractivity contribution < 1.29 is 4.79 Å². The molecule has 2 saturated heterocycles. The Morgan fingerprint density at radius 2 is 2.31 bits per heavy atom. The molecule has 1 unspecified atom stereocenters. The molecule has 0 aromatic heterocycles. The van der Waals surface area contributed by atoms with E-state index < -0.39 is 0 Å². The Morgan fingerprint density at radius 3 is 3.08 bits per heavy atom. The summed E-state index contributed by atoms with van der Waals surface area (Å²) < 4.78 is 0. The van der Waals surface area contributed by atoms with Gasteiger partial charge < -0.3 is 4.90 Å². The largest absolute Gasteiger partial charge is 0.337 e. The summed E-state index contributed by atoms with van der Waals surface area (Å²) in [5, 5.41) is 1.04. The molecular formula is C9H15BrN2O. The molecule has 0 aromatic rings. The van der Waals surface area contributed by atoms with E-state index in [2.05, 4.69) is 25.7 Å². The molecular weight excluding hydrogens is 232 g/mol. The van der Waals surface area contributed by atoms with Gasteiger partial charge in [0.15, 0.2) is 0 Å². The van der Waals surface area contributed by atoms with Gasteiger partial charge in [-0.3, -0.25) is 9.69 Å². The highest BCUT2D eigenvalue weighted by Crippen LogP contribution is 2.22. The first-order valence-electron chi connectivity index (χ1n) is 4.89. The van der Waals surface area contributed by atoms with Gasteiger partial charge in [-0.15, -0.1) is 0 Å². The highest BCUT2D eigenvalue weighted by atomic mass is 79.9. The summed E-state index contributed by atoms with van der Waals surface area (Å²) in [4.78, 5) is 15.9. The third-order valence-corrected chi connectivity index (χ3v) is 3.33. The number of carbonyl (C=O) groups excluding carboxylic acids is 1. The molecule has 2 aliphatic rings. The van der Waals surface area contributed by atoms with Gasteiger partial charge in [0.2, 0.25) is 5.91 Å².